The van der Waals surface area contributed by atoms with Gasteiger partial charge in [-0.25, -0.2) is 0 Å². The van der Waals surface area contributed by atoms with Gasteiger partial charge in [0.2, 0.25) is 5.91 Å². The average Bonchev–Trinajstić information content (AvgIpc) is 2.91. The molecule has 1 heterocycles. The first-order valence-electron chi connectivity index (χ1n) is 6.74. The fraction of sp³-hybridized carbons (Fsp3) is 0.500. The molecule has 21 heavy (non-hydrogen) atoms. The van der Waals surface area contributed by atoms with Gasteiger partial charge in [-0.05, 0) is 31.0 Å². The molecule has 116 valence electrons. The fourth-order valence-corrected chi connectivity index (χ4v) is 2.13. The normalized spacial score (nSPS) is 18.7. The van der Waals surface area contributed by atoms with Gasteiger partial charge in [0.15, 0.2) is 0 Å². The van der Waals surface area contributed by atoms with Crippen LogP contribution in [0.4, 0.5) is 18.9 Å². The molecule has 1 fully saturated rings. The van der Waals surface area contributed by atoms with E-state index in [2.05, 4.69) is 10.6 Å². The Labute approximate surface area is 120 Å². The molecule has 0 aromatic heterocycles. The highest BCUT2D eigenvalue weighted by molar-refractivity contribution is 5.92. The summed E-state index contributed by atoms with van der Waals surface area (Å²) in [6.07, 6.45) is -2.32. The van der Waals surface area contributed by atoms with Crippen LogP contribution in [0.25, 0.3) is 0 Å². The van der Waals surface area contributed by atoms with Crippen molar-refractivity contribution in [3.8, 4) is 0 Å². The first kappa shape index (κ1) is 15.8. The first-order chi connectivity index (χ1) is 9.95. The molecule has 1 aliphatic heterocycles. The summed E-state index contributed by atoms with van der Waals surface area (Å²) in [7, 11) is 0. The summed E-state index contributed by atoms with van der Waals surface area (Å²) in [6.45, 7) is 1.34. The number of carbonyl (C=O) groups is 1. The molecule has 0 aliphatic carbocycles. The van der Waals surface area contributed by atoms with Crippen LogP contribution >= 0.6 is 0 Å². The van der Waals surface area contributed by atoms with E-state index in [1.54, 1.807) is 0 Å². The van der Waals surface area contributed by atoms with Crippen LogP contribution in [-0.4, -0.2) is 31.7 Å². The van der Waals surface area contributed by atoms with Crippen molar-refractivity contribution in [2.75, 3.05) is 25.0 Å². The van der Waals surface area contributed by atoms with Crippen molar-refractivity contribution < 1.29 is 22.7 Å². The third-order valence-electron chi connectivity index (χ3n) is 3.16. The van der Waals surface area contributed by atoms with E-state index in [1.165, 1.54) is 12.1 Å². The highest BCUT2D eigenvalue weighted by Gasteiger charge is 2.30. The number of alkyl halides is 3. The van der Waals surface area contributed by atoms with Crippen molar-refractivity contribution in [2.45, 2.75) is 25.1 Å². The number of amides is 1. The molecule has 0 saturated carbocycles. The molecule has 1 aromatic carbocycles. The Hall–Kier alpha value is -1.60. The van der Waals surface area contributed by atoms with Crippen LogP contribution < -0.4 is 10.6 Å². The zero-order valence-electron chi connectivity index (χ0n) is 11.4. The highest BCUT2D eigenvalue weighted by Crippen LogP contribution is 2.30. The Morgan fingerprint density at radius 2 is 2.19 bits per heavy atom. The molecular weight excluding hydrogens is 285 g/mol. The van der Waals surface area contributed by atoms with Gasteiger partial charge in [0.25, 0.3) is 0 Å². The van der Waals surface area contributed by atoms with Gasteiger partial charge in [-0.3, -0.25) is 4.79 Å². The Morgan fingerprint density at radius 3 is 2.86 bits per heavy atom. The molecular formula is C14H17F3N2O2. The van der Waals surface area contributed by atoms with E-state index in [-0.39, 0.29) is 24.2 Å². The number of nitrogens with one attached hydrogen (secondary N) is 2. The number of hydrogen-bond donors (Lipinski definition) is 2. The summed E-state index contributed by atoms with van der Waals surface area (Å²) in [5.74, 6) is -0.382. The van der Waals surface area contributed by atoms with E-state index >= 15 is 0 Å². The number of anilines is 1. The fourth-order valence-electron chi connectivity index (χ4n) is 2.13. The number of rotatable bonds is 5. The largest absolute Gasteiger partial charge is 0.416 e. The molecule has 0 radical (unpaired) electrons. The average molecular weight is 302 g/mol. The molecule has 0 bridgehead atoms. The predicted molar refractivity (Wildman–Crippen MR) is 71.9 cm³/mol. The standard InChI is InChI=1S/C14H17F3N2O2/c15-14(16,17)10-3-1-4-11(7-10)19-13(20)9-18-8-12-5-2-6-21-12/h1,3-4,7,12,18H,2,5-6,8-9H2,(H,19,20). The minimum absolute atomic E-state index is 0.0378. The highest BCUT2D eigenvalue weighted by atomic mass is 19.4. The van der Waals surface area contributed by atoms with Crippen LogP contribution in [-0.2, 0) is 15.7 Å². The van der Waals surface area contributed by atoms with E-state index in [0.29, 0.717) is 6.54 Å². The van der Waals surface area contributed by atoms with Crippen molar-refractivity contribution in [1.82, 2.24) is 5.32 Å². The third kappa shape index (κ3) is 5.02. The molecule has 4 nitrogen and oxygen atoms in total. The van der Waals surface area contributed by atoms with E-state index < -0.39 is 11.7 Å². The third-order valence-corrected chi connectivity index (χ3v) is 3.16. The number of ether oxygens (including phenoxy) is 1. The lowest BCUT2D eigenvalue weighted by atomic mass is 10.2. The summed E-state index contributed by atoms with van der Waals surface area (Å²) in [4.78, 5) is 11.7. The molecule has 1 unspecified atom stereocenters. The van der Waals surface area contributed by atoms with Crippen LogP contribution in [0.3, 0.4) is 0 Å². The minimum Gasteiger partial charge on any atom is -0.377 e. The van der Waals surface area contributed by atoms with Gasteiger partial charge in [-0.2, -0.15) is 13.2 Å². The van der Waals surface area contributed by atoms with Crippen LogP contribution in [0.2, 0.25) is 0 Å². The topological polar surface area (TPSA) is 50.4 Å². The smallest absolute Gasteiger partial charge is 0.377 e. The summed E-state index contributed by atoms with van der Waals surface area (Å²) in [5.41, 5.74) is -0.652. The minimum atomic E-state index is -4.42. The van der Waals surface area contributed by atoms with Crippen molar-refractivity contribution in [2.24, 2.45) is 0 Å². The van der Waals surface area contributed by atoms with Crippen molar-refractivity contribution >= 4 is 11.6 Å². The van der Waals surface area contributed by atoms with E-state index in [4.69, 9.17) is 4.74 Å². The summed E-state index contributed by atoms with van der Waals surface area (Å²) < 4.78 is 43.0. The van der Waals surface area contributed by atoms with Crippen LogP contribution in [0, 0.1) is 0 Å². The number of halogens is 3. The molecule has 1 amide bonds. The molecule has 7 heteroatoms. The van der Waals surface area contributed by atoms with Crippen LogP contribution in [0.5, 0.6) is 0 Å². The Balaban J connectivity index is 1.79. The van der Waals surface area contributed by atoms with E-state index in [9.17, 15) is 18.0 Å². The molecule has 1 aromatic rings. The lowest BCUT2D eigenvalue weighted by Gasteiger charge is -2.12. The zero-order valence-corrected chi connectivity index (χ0v) is 11.4. The molecule has 1 aliphatic rings. The van der Waals surface area contributed by atoms with Crippen LogP contribution in [0.15, 0.2) is 24.3 Å². The maximum absolute atomic E-state index is 12.5. The second kappa shape index (κ2) is 6.91. The van der Waals surface area contributed by atoms with Gasteiger partial charge in [0.05, 0.1) is 18.2 Å². The van der Waals surface area contributed by atoms with Gasteiger partial charge in [0.1, 0.15) is 0 Å². The zero-order chi connectivity index (χ0) is 15.3. The second-order valence-electron chi connectivity index (χ2n) is 4.89. The van der Waals surface area contributed by atoms with E-state index in [1.807, 2.05) is 0 Å². The lowest BCUT2D eigenvalue weighted by Crippen LogP contribution is -2.33. The maximum atomic E-state index is 12.5. The van der Waals surface area contributed by atoms with Gasteiger partial charge < -0.3 is 15.4 Å². The van der Waals surface area contributed by atoms with Crippen LogP contribution in [0.1, 0.15) is 18.4 Å². The Bertz CT molecular complexity index is 485. The van der Waals surface area contributed by atoms with Crippen molar-refractivity contribution in [3.63, 3.8) is 0 Å². The SMILES string of the molecule is O=C(CNCC1CCCO1)Nc1cccc(C(F)(F)F)c1. The molecule has 0 spiro atoms. The summed E-state index contributed by atoms with van der Waals surface area (Å²) in [6, 6.07) is 4.56. The van der Waals surface area contributed by atoms with Gasteiger partial charge in [-0.15, -0.1) is 0 Å². The summed E-state index contributed by atoms with van der Waals surface area (Å²) in [5, 5.41) is 5.37. The first-order valence-corrected chi connectivity index (χ1v) is 6.74. The maximum Gasteiger partial charge on any atom is 0.416 e. The number of benzene rings is 1. The van der Waals surface area contributed by atoms with Crippen molar-refractivity contribution in [3.05, 3.63) is 29.8 Å². The summed E-state index contributed by atoms with van der Waals surface area (Å²) >= 11 is 0. The molecule has 1 saturated heterocycles. The second-order valence-corrected chi connectivity index (χ2v) is 4.89. The van der Waals surface area contributed by atoms with Gasteiger partial charge in [-0.1, -0.05) is 6.07 Å². The predicted octanol–water partition coefficient (Wildman–Crippen LogP) is 2.41. The molecule has 2 N–H and O–H groups in total. The Morgan fingerprint density at radius 1 is 1.38 bits per heavy atom. The monoisotopic (exact) mass is 302 g/mol. The van der Waals surface area contributed by atoms with E-state index in [0.717, 1.165) is 31.6 Å². The molecule has 1 atom stereocenters. The van der Waals surface area contributed by atoms with Crippen molar-refractivity contribution in [1.29, 1.82) is 0 Å². The number of hydrogen-bond acceptors (Lipinski definition) is 3. The van der Waals surface area contributed by atoms with Gasteiger partial charge >= 0.3 is 6.18 Å². The Kier molecular flexibility index (Phi) is 5.19. The number of carbonyl (C=O) groups excluding carboxylic acids is 1. The quantitative estimate of drug-likeness (QED) is 0.878. The van der Waals surface area contributed by atoms with Gasteiger partial charge in [0, 0.05) is 18.8 Å². The molecule has 2 rings (SSSR count). The lowest BCUT2D eigenvalue weighted by molar-refractivity contribution is -0.137.